The summed E-state index contributed by atoms with van der Waals surface area (Å²) >= 11 is 7.32. The van der Waals surface area contributed by atoms with Gasteiger partial charge in [0.2, 0.25) is 0 Å². The lowest BCUT2D eigenvalue weighted by molar-refractivity contribution is -0.385. The highest BCUT2D eigenvalue weighted by molar-refractivity contribution is 7.98. The Kier molecular flexibility index (Phi) is 4.84. The number of nitro benzene ring substituents is 1. The van der Waals surface area contributed by atoms with Crippen molar-refractivity contribution in [2.24, 2.45) is 5.84 Å². The van der Waals surface area contributed by atoms with Gasteiger partial charge in [0.1, 0.15) is 0 Å². The summed E-state index contributed by atoms with van der Waals surface area (Å²) in [5, 5.41) is 11.5. The zero-order valence-corrected chi connectivity index (χ0v) is 11.9. The highest BCUT2D eigenvalue weighted by Gasteiger charge is 2.09. The molecule has 0 fully saturated rings. The average molecular weight is 310 g/mol. The molecule has 0 aliphatic carbocycles. The summed E-state index contributed by atoms with van der Waals surface area (Å²) in [6.45, 7) is 0. The third kappa shape index (κ3) is 3.86. The molecular formula is C13H12ClN3O2S. The van der Waals surface area contributed by atoms with Crippen molar-refractivity contribution in [1.82, 2.24) is 0 Å². The second kappa shape index (κ2) is 6.60. The number of hydrazine groups is 1. The first kappa shape index (κ1) is 14.6. The van der Waals surface area contributed by atoms with Crippen molar-refractivity contribution in [2.75, 3.05) is 5.43 Å². The number of halogens is 1. The number of nitrogen functional groups attached to an aromatic ring is 1. The van der Waals surface area contributed by atoms with Crippen LogP contribution in [0.15, 0.2) is 47.4 Å². The lowest BCUT2D eigenvalue weighted by Crippen LogP contribution is -2.07. The molecule has 0 aliphatic heterocycles. The maximum atomic E-state index is 10.8. The maximum absolute atomic E-state index is 10.8. The van der Waals surface area contributed by atoms with Gasteiger partial charge in [-0.25, -0.2) is 0 Å². The predicted octanol–water partition coefficient (Wildman–Crippen LogP) is 3.83. The van der Waals surface area contributed by atoms with E-state index in [0.717, 1.165) is 10.5 Å². The molecule has 7 heteroatoms. The van der Waals surface area contributed by atoms with Crippen molar-refractivity contribution in [3.8, 4) is 0 Å². The highest BCUT2D eigenvalue weighted by atomic mass is 35.5. The third-order valence-corrected chi connectivity index (χ3v) is 3.89. The number of nitrogens with zero attached hydrogens (tertiary/aromatic N) is 1. The molecule has 0 aliphatic rings. The monoisotopic (exact) mass is 309 g/mol. The van der Waals surface area contributed by atoms with Crippen LogP contribution in [-0.4, -0.2) is 4.92 Å². The van der Waals surface area contributed by atoms with Gasteiger partial charge >= 0.3 is 0 Å². The molecule has 0 bridgehead atoms. The molecular weight excluding hydrogens is 298 g/mol. The Hall–Kier alpha value is -1.76. The number of rotatable bonds is 5. The average Bonchev–Trinajstić information content (AvgIpc) is 2.46. The maximum Gasteiger partial charge on any atom is 0.272 e. The lowest BCUT2D eigenvalue weighted by Gasteiger charge is -2.05. The van der Waals surface area contributed by atoms with Crippen LogP contribution in [-0.2, 0) is 5.75 Å². The molecule has 2 aromatic carbocycles. The number of anilines is 1. The van der Waals surface area contributed by atoms with Gasteiger partial charge < -0.3 is 5.43 Å². The van der Waals surface area contributed by atoms with Crippen LogP contribution in [0.5, 0.6) is 0 Å². The fourth-order valence-corrected chi connectivity index (χ4v) is 2.67. The fourth-order valence-electron chi connectivity index (χ4n) is 1.60. The molecule has 20 heavy (non-hydrogen) atoms. The number of hydrogen-bond acceptors (Lipinski definition) is 5. The summed E-state index contributed by atoms with van der Waals surface area (Å²) in [4.78, 5) is 11.2. The minimum Gasteiger partial charge on any atom is -0.324 e. The molecule has 3 N–H and O–H groups in total. The van der Waals surface area contributed by atoms with Gasteiger partial charge in [0.25, 0.3) is 5.69 Å². The van der Waals surface area contributed by atoms with E-state index in [9.17, 15) is 10.1 Å². The first-order valence-electron chi connectivity index (χ1n) is 5.72. The van der Waals surface area contributed by atoms with Gasteiger partial charge in [0.05, 0.1) is 10.6 Å². The van der Waals surface area contributed by atoms with Crippen molar-refractivity contribution < 1.29 is 4.92 Å². The first-order chi connectivity index (χ1) is 9.58. The van der Waals surface area contributed by atoms with Crippen LogP contribution in [0.2, 0.25) is 5.02 Å². The standard InChI is InChI=1S/C13H12ClN3O2S/c14-10-3-1-9(2-4-10)8-20-13-6-11(16-15)5-12(7-13)17(18)19/h1-7,16H,8,15H2. The lowest BCUT2D eigenvalue weighted by atomic mass is 10.2. The molecule has 0 radical (unpaired) electrons. The van der Waals surface area contributed by atoms with Gasteiger partial charge in [0.15, 0.2) is 0 Å². The van der Waals surface area contributed by atoms with E-state index in [1.807, 2.05) is 24.3 Å². The topological polar surface area (TPSA) is 81.2 Å². The van der Waals surface area contributed by atoms with Crippen LogP contribution in [0.3, 0.4) is 0 Å². The molecule has 104 valence electrons. The van der Waals surface area contributed by atoms with E-state index in [1.54, 1.807) is 6.07 Å². The van der Waals surface area contributed by atoms with Crippen molar-refractivity contribution in [1.29, 1.82) is 0 Å². The quantitative estimate of drug-likeness (QED) is 0.380. The molecule has 0 heterocycles. The largest absolute Gasteiger partial charge is 0.324 e. The van der Waals surface area contributed by atoms with Crippen molar-refractivity contribution >= 4 is 34.7 Å². The van der Waals surface area contributed by atoms with E-state index >= 15 is 0 Å². The van der Waals surface area contributed by atoms with Gasteiger partial charge in [-0.15, -0.1) is 11.8 Å². The van der Waals surface area contributed by atoms with Crippen LogP contribution in [0.4, 0.5) is 11.4 Å². The first-order valence-corrected chi connectivity index (χ1v) is 7.08. The highest BCUT2D eigenvalue weighted by Crippen LogP contribution is 2.30. The van der Waals surface area contributed by atoms with Gasteiger partial charge in [-0.3, -0.25) is 16.0 Å². The van der Waals surface area contributed by atoms with Gasteiger partial charge in [-0.1, -0.05) is 23.7 Å². The van der Waals surface area contributed by atoms with E-state index in [4.69, 9.17) is 17.4 Å². The number of nitrogens with two attached hydrogens (primary N) is 1. The van der Waals surface area contributed by atoms with Crippen LogP contribution in [0, 0.1) is 10.1 Å². The summed E-state index contributed by atoms with van der Waals surface area (Å²) in [5.41, 5.74) is 4.05. The van der Waals surface area contributed by atoms with E-state index in [2.05, 4.69) is 5.43 Å². The Balaban J connectivity index is 2.14. The minimum absolute atomic E-state index is 0.0130. The second-order valence-corrected chi connectivity index (χ2v) is 5.52. The van der Waals surface area contributed by atoms with E-state index < -0.39 is 4.92 Å². The zero-order valence-electron chi connectivity index (χ0n) is 10.4. The SMILES string of the molecule is NNc1cc(SCc2ccc(Cl)cc2)cc([N+](=O)[O-])c1. The molecule has 0 aromatic heterocycles. The Labute approximate surface area is 125 Å². The molecule has 0 saturated carbocycles. The van der Waals surface area contributed by atoms with Gasteiger partial charge in [-0.2, -0.15) is 0 Å². The van der Waals surface area contributed by atoms with Gasteiger partial charge in [0, 0.05) is 27.8 Å². The number of benzene rings is 2. The van der Waals surface area contributed by atoms with E-state index in [-0.39, 0.29) is 5.69 Å². The summed E-state index contributed by atoms with van der Waals surface area (Å²) in [7, 11) is 0. The number of hydrogen-bond donors (Lipinski definition) is 2. The molecule has 5 nitrogen and oxygen atoms in total. The van der Waals surface area contributed by atoms with Crippen LogP contribution >= 0.6 is 23.4 Å². The summed E-state index contributed by atoms with van der Waals surface area (Å²) in [5.74, 6) is 6.01. The Bertz CT molecular complexity index is 620. The van der Waals surface area contributed by atoms with Crippen molar-refractivity contribution in [2.45, 2.75) is 10.6 Å². The minimum atomic E-state index is -0.437. The zero-order chi connectivity index (χ0) is 14.5. The number of nitro groups is 1. The Morgan fingerprint density at radius 3 is 2.55 bits per heavy atom. The van der Waals surface area contributed by atoms with E-state index in [1.165, 1.54) is 23.9 Å². The molecule has 0 spiro atoms. The van der Waals surface area contributed by atoms with Crippen molar-refractivity contribution in [3.63, 3.8) is 0 Å². The summed E-state index contributed by atoms with van der Waals surface area (Å²) < 4.78 is 0. The van der Waals surface area contributed by atoms with Crippen molar-refractivity contribution in [3.05, 3.63) is 63.2 Å². The number of non-ortho nitro benzene ring substituents is 1. The molecule has 2 rings (SSSR count). The number of nitrogens with one attached hydrogen (secondary N) is 1. The van der Waals surface area contributed by atoms with Gasteiger partial charge in [-0.05, 0) is 23.8 Å². The molecule has 2 aromatic rings. The Morgan fingerprint density at radius 2 is 1.95 bits per heavy atom. The summed E-state index contributed by atoms with van der Waals surface area (Å²) in [6, 6.07) is 12.2. The van der Waals surface area contributed by atoms with Crippen LogP contribution < -0.4 is 11.3 Å². The molecule has 0 atom stereocenters. The van der Waals surface area contributed by atoms with E-state index in [0.29, 0.717) is 16.5 Å². The normalized spacial score (nSPS) is 10.3. The molecule has 0 unspecified atom stereocenters. The summed E-state index contributed by atoms with van der Waals surface area (Å²) in [6.07, 6.45) is 0. The predicted molar refractivity (Wildman–Crippen MR) is 81.9 cm³/mol. The number of thioether (sulfide) groups is 1. The van der Waals surface area contributed by atoms with Crippen LogP contribution in [0.1, 0.15) is 5.56 Å². The third-order valence-electron chi connectivity index (χ3n) is 2.59. The Morgan fingerprint density at radius 1 is 1.25 bits per heavy atom. The molecule has 0 saturated heterocycles. The fraction of sp³-hybridized carbons (Fsp3) is 0.0769. The molecule has 0 amide bonds. The van der Waals surface area contributed by atoms with Crippen LogP contribution in [0.25, 0.3) is 0 Å². The second-order valence-electron chi connectivity index (χ2n) is 4.03. The smallest absolute Gasteiger partial charge is 0.272 e.